The fourth-order valence-corrected chi connectivity index (χ4v) is 2.54. The van der Waals surface area contributed by atoms with Crippen LogP contribution in [0.1, 0.15) is 30.9 Å². The zero-order chi connectivity index (χ0) is 14.7. The molecule has 1 N–H and O–H groups in total. The number of nitrogens with one attached hydrogen (secondary N) is 1. The molecule has 3 aromatic rings. The molecular weight excluding hydrogens is 254 g/mol. The standard InChI is InChI=1S/C20H21N/c1-15(2)17-9-11-20(12-10-17)21-14-16-7-8-18-5-3-4-6-19(18)13-16/h3-13,15,21H,14H2,1-2H3. The minimum atomic E-state index is 0.583. The van der Waals surface area contributed by atoms with Crippen molar-refractivity contribution >= 4 is 16.5 Å². The minimum absolute atomic E-state index is 0.583. The molecule has 0 atom stereocenters. The van der Waals surface area contributed by atoms with Crippen LogP contribution in [-0.4, -0.2) is 0 Å². The third kappa shape index (κ3) is 3.25. The fraction of sp³-hybridized carbons (Fsp3) is 0.200. The highest BCUT2D eigenvalue weighted by atomic mass is 14.9. The predicted octanol–water partition coefficient (Wildman–Crippen LogP) is 5.58. The summed E-state index contributed by atoms with van der Waals surface area (Å²) in [5, 5.41) is 6.08. The Labute approximate surface area is 126 Å². The van der Waals surface area contributed by atoms with Crippen LogP contribution in [0.4, 0.5) is 5.69 Å². The van der Waals surface area contributed by atoms with Gasteiger partial charge in [-0.15, -0.1) is 0 Å². The summed E-state index contributed by atoms with van der Waals surface area (Å²) in [7, 11) is 0. The third-order valence-corrected chi connectivity index (χ3v) is 3.89. The summed E-state index contributed by atoms with van der Waals surface area (Å²) in [6.45, 7) is 5.29. The first-order valence-corrected chi connectivity index (χ1v) is 7.54. The summed E-state index contributed by atoms with van der Waals surface area (Å²) >= 11 is 0. The van der Waals surface area contributed by atoms with Crippen molar-refractivity contribution in [3.8, 4) is 0 Å². The maximum atomic E-state index is 3.49. The molecule has 1 nitrogen and oxygen atoms in total. The molecule has 0 aromatic heterocycles. The molecule has 3 aromatic carbocycles. The Morgan fingerprint density at radius 2 is 1.52 bits per heavy atom. The highest BCUT2D eigenvalue weighted by Gasteiger charge is 2.00. The van der Waals surface area contributed by atoms with E-state index < -0.39 is 0 Å². The first-order valence-electron chi connectivity index (χ1n) is 7.54. The van der Waals surface area contributed by atoms with Gasteiger partial charge in [-0.2, -0.15) is 0 Å². The first kappa shape index (κ1) is 13.7. The van der Waals surface area contributed by atoms with Crippen LogP contribution in [0.3, 0.4) is 0 Å². The van der Waals surface area contributed by atoms with E-state index in [4.69, 9.17) is 0 Å². The summed E-state index contributed by atoms with van der Waals surface area (Å²) in [5.41, 5.74) is 3.86. The van der Waals surface area contributed by atoms with Crippen LogP contribution in [0.15, 0.2) is 66.7 Å². The molecule has 0 aliphatic heterocycles. The smallest absolute Gasteiger partial charge is 0.0401 e. The van der Waals surface area contributed by atoms with Gasteiger partial charge >= 0.3 is 0 Å². The Morgan fingerprint density at radius 3 is 2.24 bits per heavy atom. The topological polar surface area (TPSA) is 12.0 Å². The predicted molar refractivity (Wildman–Crippen MR) is 91.8 cm³/mol. The molecule has 0 saturated heterocycles. The lowest BCUT2D eigenvalue weighted by molar-refractivity contribution is 0.867. The molecule has 0 aliphatic carbocycles. The van der Waals surface area contributed by atoms with Gasteiger partial charge in [0, 0.05) is 12.2 Å². The van der Waals surface area contributed by atoms with Gasteiger partial charge in [-0.1, -0.05) is 62.4 Å². The highest BCUT2D eigenvalue weighted by molar-refractivity contribution is 5.83. The second-order valence-electron chi connectivity index (χ2n) is 5.81. The van der Waals surface area contributed by atoms with E-state index in [1.165, 1.54) is 27.6 Å². The van der Waals surface area contributed by atoms with Crippen molar-refractivity contribution in [3.63, 3.8) is 0 Å². The molecule has 0 fully saturated rings. The summed E-state index contributed by atoms with van der Waals surface area (Å²) in [6, 6.07) is 23.8. The molecule has 0 aliphatic rings. The van der Waals surface area contributed by atoms with E-state index in [0.29, 0.717) is 5.92 Å². The van der Waals surface area contributed by atoms with E-state index in [0.717, 1.165) is 6.54 Å². The molecule has 0 radical (unpaired) electrons. The Morgan fingerprint density at radius 1 is 0.810 bits per heavy atom. The number of benzene rings is 3. The lowest BCUT2D eigenvalue weighted by atomic mass is 10.0. The Bertz CT molecular complexity index is 726. The average molecular weight is 275 g/mol. The van der Waals surface area contributed by atoms with Gasteiger partial charge in [0.2, 0.25) is 0 Å². The van der Waals surface area contributed by atoms with Crippen LogP contribution in [0.5, 0.6) is 0 Å². The summed E-state index contributed by atoms with van der Waals surface area (Å²) in [6.07, 6.45) is 0. The van der Waals surface area contributed by atoms with Crippen LogP contribution in [-0.2, 0) is 6.54 Å². The molecule has 0 amide bonds. The van der Waals surface area contributed by atoms with E-state index in [1.807, 2.05) is 0 Å². The van der Waals surface area contributed by atoms with Crippen molar-refractivity contribution in [2.45, 2.75) is 26.3 Å². The molecule has 0 bridgehead atoms. The van der Waals surface area contributed by atoms with E-state index in [9.17, 15) is 0 Å². The van der Waals surface area contributed by atoms with Gasteiger partial charge in [0.1, 0.15) is 0 Å². The Kier molecular flexibility index (Phi) is 3.92. The lowest BCUT2D eigenvalue weighted by Gasteiger charge is -2.10. The Hall–Kier alpha value is -2.28. The van der Waals surface area contributed by atoms with Crippen LogP contribution in [0.2, 0.25) is 0 Å². The molecular formula is C20H21N. The van der Waals surface area contributed by atoms with Gasteiger partial charge in [0.15, 0.2) is 0 Å². The summed E-state index contributed by atoms with van der Waals surface area (Å²) in [4.78, 5) is 0. The molecule has 21 heavy (non-hydrogen) atoms. The van der Waals surface area contributed by atoms with E-state index >= 15 is 0 Å². The SMILES string of the molecule is CC(C)c1ccc(NCc2ccc3ccccc3c2)cc1. The van der Waals surface area contributed by atoms with Crippen molar-refractivity contribution < 1.29 is 0 Å². The largest absolute Gasteiger partial charge is 0.381 e. The van der Waals surface area contributed by atoms with Gasteiger partial charge in [-0.25, -0.2) is 0 Å². The van der Waals surface area contributed by atoms with Gasteiger partial charge in [0.25, 0.3) is 0 Å². The number of anilines is 1. The number of rotatable bonds is 4. The van der Waals surface area contributed by atoms with Crippen LogP contribution < -0.4 is 5.32 Å². The first-order chi connectivity index (χ1) is 10.2. The van der Waals surface area contributed by atoms with Gasteiger partial charge in [0.05, 0.1) is 0 Å². The quantitative estimate of drug-likeness (QED) is 0.656. The second kappa shape index (κ2) is 6.01. The van der Waals surface area contributed by atoms with Crippen molar-refractivity contribution in [3.05, 3.63) is 77.9 Å². The molecule has 0 heterocycles. The van der Waals surface area contributed by atoms with Crippen molar-refractivity contribution in [2.75, 3.05) is 5.32 Å². The normalized spacial score (nSPS) is 11.0. The molecule has 1 heteroatoms. The average Bonchev–Trinajstić information content (AvgIpc) is 2.53. The number of fused-ring (bicyclic) bond motifs is 1. The fourth-order valence-electron chi connectivity index (χ4n) is 2.54. The third-order valence-electron chi connectivity index (χ3n) is 3.89. The van der Waals surface area contributed by atoms with Gasteiger partial charge in [-0.3, -0.25) is 0 Å². The van der Waals surface area contributed by atoms with E-state index in [1.54, 1.807) is 0 Å². The zero-order valence-corrected chi connectivity index (χ0v) is 12.6. The number of hydrogen-bond acceptors (Lipinski definition) is 1. The zero-order valence-electron chi connectivity index (χ0n) is 12.6. The van der Waals surface area contributed by atoms with Crippen LogP contribution >= 0.6 is 0 Å². The Balaban J connectivity index is 1.71. The molecule has 0 saturated carbocycles. The van der Waals surface area contributed by atoms with Crippen LogP contribution in [0, 0.1) is 0 Å². The van der Waals surface area contributed by atoms with E-state index in [2.05, 4.69) is 85.9 Å². The van der Waals surface area contributed by atoms with Crippen LogP contribution in [0.25, 0.3) is 10.8 Å². The summed E-state index contributed by atoms with van der Waals surface area (Å²) < 4.78 is 0. The number of hydrogen-bond donors (Lipinski definition) is 1. The molecule has 106 valence electrons. The van der Waals surface area contributed by atoms with Gasteiger partial charge in [-0.05, 0) is 46.0 Å². The molecule has 0 unspecified atom stereocenters. The lowest BCUT2D eigenvalue weighted by Crippen LogP contribution is -1.99. The van der Waals surface area contributed by atoms with Crippen molar-refractivity contribution in [1.29, 1.82) is 0 Å². The van der Waals surface area contributed by atoms with E-state index in [-0.39, 0.29) is 0 Å². The maximum Gasteiger partial charge on any atom is 0.0401 e. The van der Waals surface area contributed by atoms with Crippen molar-refractivity contribution in [2.24, 2.45) is 0 Å². The summed E-state index contributed by atoms with van der Waals surface area (Å²) in [5.74, 6) is 0.583. The molecule has 3 rings (SSSR count). The highest BCUT2D eigenvalue weighted by Crippen LogP contribution is 2.19. The second-order valence-corrected chi connectivity index (χ2v) is 5.81. The molecule has 0 spiro atoms. The monoisotopic (exact) mass is 275 g/mol. The minimum Gasteiger partial charge on any atom is -0.381 e. The van der Waals surface area contributed by atoms with Gasteiger partial charge < -0.3 is 5.32 Å². The maximum absolute atomic E-state index is 3.49. The van der Waals surface area contributed by atoms with Crippen molar-refractivity contribution in [1.82, 2.24) is 0 Å².